The molecule has 1 aromatic rings. The van der Waals surface area contributed by atoms with E-state index in [0.29, 0.717) is 11.3 Å². The maximum Gasteiger partial charge on any atom is 0.316 e. The normalized spacial score (nSPS) is 9.43. The summed E-state index contributed by atoms with van der Waals surface area (Å²) in [7, 11) is 0. The van der Waals surface area contributed by atoms with Gasteiger partial charge in [-0.05, 0) is 11.6 Å². The summed E-state index contributed by atoms with van der Waals surface area (Å²) >= 11 is 0. The summed E-state index contributed by atoms with van der Waals surface area (Å²) in [5, 5.41) is 2.41. The number of amides is 3. The van der Waals surface area contributed by atoms with Crippen LogP contribution in [0.4, 0.5) is 10.5 Å². The highest BCUT2D eigenvalue weighted by Gasteiger charge is 2.05. The lowest BCUT2D eigenvalue weighted by atomic mass is 10.1. The molecule has 5 N–H and O–H groups in total. The van der Waals surface area contributed by atoms with Crippen LogP contribution in [0.25, 0.3) is 0 Å². The zero-order chi connectivity index (χ0) is 10.6. The Morgan fingerprint density at radius 2 is 1.86 bits per heavy atom. The van der Waals surface area contributed by atoms with Crippen molar-refractivity contribution in [2.45, 2.75) is 6.42 Å². The van der Waals surface area contributed by atoms with Gasteiger partial charge in [-0.15, -0.1) is 0 Å². The molecule has 0 aromatic heterocycles. The molecule has 0 saturated heterocycles. The van der Waals surface area contributed by atoms with Crippen LogP contribution in [0.1, 0.15) is 5.56 Å². The molecular weight excluding hydrogens is 182 g/mol. The molecule has 0 unspecified atom stereocenters. The predicted molar refractivity (Wildman–Crippen MR) is 52.5 cm³/mol. The largest absolute Gasteiger partial charge is 0.369 e. The van der Waals surface area contributed by atoms with Gasteiger partial charge in [0.1, 0.15) is 0 Å². The molecule has 0 aliphatic heterocycles. The standard InChI is InChI=1S/C9H11N3O2/c10-8(13)5-6-3-1-2-4-7(6)12-9(11)14/h1-4H,5H2,(H2,10,13)(H3,11,12,14). The van der Waals surface area contributed by atoms with Gasteiger partial charge in [0.25, 0.3) is 0 Å². The van der Waals surface area contributed by atoms with Gasteiger partial charge in [-0.2, -0.15) is 0 Å². The molecule has 0 radical (unpaired) electrons. The van der Waals surface area contributed by atoms with Crippen LogP contribution < -0.4 is 16.8 Å². The Labute approximate surface area is 81.1 Å². The van der Waals surface area contributed by atoms with Crippen molar-refractivity contribution >= 4 is 17.6 Å². The third-order valence-electron chi connectivity index (χ3n) is 1.64. The number of anilines is 1. The summed E-state index contributed by atoms with van der Waals surface area (Å²) in [6.45, 7) is 0. The van der Waals surface area contributed by atoms with Gasteiger partial charge in [0, 0.05) is 5.69 Å². The molecule has 1 rings (SSSR count). The fourth-order valence-corrected chi connectivity index (χ4v) is 1.12. The van der Waals surface area contributed by atoms with Crippen LogP contribution in [0.5, 0.6) is 0 Å². The molecule has 0 aliphatic rings. The summed E-state index contributed by atoms with van der Waals surface area (Å²) in [6.07, 6.45) is 0.0798. The van der Waals surface area contributed by atoms with Gasteiger partial charge in [-0.25, -0.2) is 4.79 Å². The number of benzene rings is 1. The third kappa shape index (κ3) is 2.78. The molecule has 0 heterocycles. The molecule has 0 fully saturated rings. The summed E-state index contributed by atoms with van der Waals surface area (Å²) in [6, 6.07) is 6.18. The summed E-state index contributed by atoms with van der Waals surface area (Å²) in [5.41, 5.74) is 11.2. The van der Waals surface area contributed by atoms with Gasteiger partial charge >= 0.3 is 6.03 Å². The van der Waals surface area contributed by atoms with E-state index in [0.717, 1.165) is 0 Å². The molecular formula is C9H11N3O2. The lowest BCUT2D eigenvalue weighted by Crippen LogP contribution is -2.21. The maximum absolute atomic E-state index is 10.7. The fourth-order valence-electron chi connectivity index (χ4n) is 1.12. The van der Waals surface area contributed by atoms with Crippen LogP contribution in [0.2, 0.25) is 0 Å². The SMILES string of the molecule is NC(=O)Cc1ccccc1NC(N)=O. The van der Waals surface area contributed by atoms with E-state index in [1.165, 1.54) is 0 Å². The van der Waals surface area contributed by atoms with Crippen molar-refractivity contribution in [2.24, 2.45) is 11.5 Å². The molecule has 3 amide bonds. The lowest BCUT2D eigenvalue weighted by molar-refractivity contribution is -0.117. The van der Waals surface area contributed by atoms with Crippen molar-refractivity contribution in [1.29, 1.82) is 0 Å². The molecule has 1 aromatic carbocycles. The van der Waals surface area contributed by atoms with Gasteiger partial charge in [-0.1, -0.05) is 18.2 Å². The smallest absolute Gasteiger partial charge is 0.316 e. The van der Waals surface area contributed by atoms with Gasteiger partial charge in [-0.3, -0.25) is 4.79 Å². The van der Waals surface area contributed by atoms with Crippen molar-refractivity contribution in [2.75, 3.05) is 5.32 Å². The highest BCUT2D eigenvalue weighted by atomic mass is 16.2. The van der Waals surface area contributed by atoms with Crippen molar-refractivity contribution in [3.05, 3.63) is 29.8 Å². The molecule has 0 spiro atoms. The maximum atomic E-state index is 10.7. The average Bonchev–Trinajstić information content (AvgIpc) is 2.06. The van der Waals surface area contributed by atoms with Crippen LogP contribution in [-0.4, -0.2) is 11.9 Å². The van der Waals surface area contributed by atoms with Crippen LogP contribution in [-0.2, 0) is 11.2 Å². The highest BCUT2D eigenvalue weighted by molar-refractivity contribution is 5.90. The molecule has 0 atom stereocenters. The van der Waals surface area contributed by atoms with Crippen LogP contribution in [0.15, 0.2) is 24.3 Å². The van der Waals surface area contributed by atoms with Crippen molar-refractivity contribution < 1.29 is 9.59 Å². The van der Waals surface area contributed by atoms with E-state index in [1.807, 2.05) is 0 Å². The number of para-hydroxylation sites is 1. The first-order chi connectivity index (χ1) is 6.59. The Kier molecular flexibility index (Phi) is 3.06. The summed E-state index contributed by atoms with van der Waals surface area (Å²) in [4.78, 5) is 21.3. The molecule has 5 nitrogen and oxygen atoms in total. The number of carbonyl (C=O) groups is 2. The fraction of sp³-hybridized carbons (Fsp3) is 0.111. The molecule has 5 heteroatoms. The topological polar surface area (TPSA) is 98.2 Å². The first-order valence-corrected chi connectivity index (χ1v) is 4.02. The molecule has 0 saturated carbocycles. The Bertz CT molecular complexity index is 328. The molecule has 0 bridgehead atoms. The van der Waals surface area contributed by atoms with E-state index in [2.05, 4.69) is 5.32 Å². The molecule has 14 heavy (non-hydrogen) atoms. The van der Waals surface area contributed by atoms with Crippen molar-refractivity contribution in [3.63, 3.8) is 0 Å². The minimum absolute atomic E-state index is 0.0798. The summed E-state index contributed by atoms with van der Waals surface area (Å²) < 4.78 is 0. The van der Waals surface area contributed by atoms with Crippen molar-refractivity contribution in [1.82, 2.24) is 0 Å². The first-order valence-electron chi connectivity index (χ1n) is 4.02. The first kappa shape index (κ1) is 10.0. The number of carbonyl (C=O) groups excluding carboxylic acids is 2. The second-order valence-electron chi connectivity index (χ2n) is 2.79. The van der Waals surface area contributed by atoms with E-state index in [4.69, 9.17) is 11.5 Å². The molecule has 74 valence electrons. The van der Waals surface area contributed by atoms with E-state index in [9.17, 15) is 9.59 Å². The quantitative estimate of drug-likeness (QED) is 0.639. The predicted octanol–water partition coefficient (Wildman–Crippen LogP) is 0.205. The Morgan fingerprint density at radius 3 is 2.43 bits per heavy atom. The number of primary amides is 2. The van der Waals surface area contributed by atoms with Gasteiger partial charge in [0.05, 0.1) is 6.42 Å². The van der Waals surface area contributed by atoms with Gasteiger partial charge in [0.2, 0.25) is 5.91 Å². The number of urea groups is 1. The van der Waals surface area contributed by atoms with E-state index in [-0.39, 0.29) is 6.42 Å². The number of nitrogens with one attached hydrogen (secondary N) is 1. The Morgan fingerprint density at radius 1 is 1.21 bits per heavy atom. The lowest BCUT2D eigenvalue weighted by Gasteiger charge is -2.07. The van der Waals surface area contributed by atoms with Crippen LogP contribution >= 0.6 is 0 Å². The van der Waals surface area contributed by atoms with Gasteiger partial charge in [0.15, 0.2) is 0 Å². The number of hydrogen-bond acceptors (Lipinski definition) is 2. The number of nitrogens with two attached hydrogens (primary N) is 2. The average molecular weight is 193 g/mol. The monoisotopic (exact) mass is 193 g/mol. The second-order valence-corrected chi connectivity index (χ2v) is 2.79. The second kappa shape index (κ2) is 4.27. The van der Waals surface area contributed by atoms with Gasteiger partial charge < -0.3 is 16.8 Å². The minimum Gasteiger partial charge on any atom is -0.369 e. The Hall–Kier alpha value is -2.04. The Balaban J connectivity index is 2.90. The van der Waals surface area contributed by atoms with Crippen molar-refractivity contribution in [3.8, 4) is 0 Å². The van der Waals surface area contributed by atoms with Crippen LogP contribution in [0, 0.1) is 0 Å². The van der Waals surface area contributed by atoms with E-state index >= 15 is 0 Å². The number of rotatable bonds is 3. The van der Waals surface area contributed by atoms with Crippen LogP contribution in [0.3, 0.4) is 0 Å². The molecule has 0 aliphatic carbocycles. The zero-order valence-corrected chi connectivity index (χ0v) is 7.49. The van der Waals surface area contributed by atoms with E-state index < -0.39 is 11.9 Å². The number of hydrogen-bond donors (Lipinski definition) is 3. The minimum atomic E-state index is -0.665. The van der Waals surface area contributed by atoms with E-state index in [1.54, 1.807) is 24.3 Å². The highest BCUT2D eigenvalue weighted by Crippen LogP contribution is 2.14. The third-order valence-corrected chi connectivity index (χ3v) is 1.64. The summed E-state index contributed by atoms with van der Waals surface area (Å²) in [5.74, 6) is -0.455. The zero-order valence-electron chi connectivity index (χ0n) is 7.49.